The third kappa shape index (κ3) is 3.03. The second-order valence-corrected chi connectivity index (χ2v) is 6.28. The Balaban J connectivity index is 1.95. The van der Waals surface area contributed by atoms with Crippen molar-refractivity contribution in [3.05, 3.63) is 56.0 Å². The van der Waals surface area contributed by atoms with Gasteiger partial charge in [-0.05, 0) is 35.7 Å². The number of aryl methyl sites for hydroxylation is 2. The fourth-order valence-electron chi connectivity index (χ4n) is 2.73. The molecule has 0 spiro atoms. The molecule has 0 bridgehead atoms. The van der Waals surface area contributed by atoms with Crippen molar-refractivity contribution in [1.29, 1.82) is 0 Å². The lowest BCUT2D eigenvalue weighted by Gasteiger charge is -2.09. The molecule has 0 aliphatic carbocycles. The molecule has 8 nitrogen and oxygen atoms in total. The molecule has 2 aromatic heterocycles. The molecule has 1 aromatic carbocycles. The quantitative estimate of drug-likeness (QED) is 0.695. The Kier molecular flexibility index (Phi) is 4.69. The summed E-state index contributed by atoms with van der Waals surface area (Å²) >= 11 is 6.11. The molecule has 9 heteroatoms. The van der Waals surface area contributed by atoms with Crippen LogP contribution in [0.1, 0.15) is 12.5 Å². The standard InChI is InChI=1S/C17H18ClN5O3/c1-4-10-5-7-11(8-6-10)19-12(24)9-23-13-14(20-16(23)18)21(2)17(26)22(3)15(13)25/h5-8H,4,9H2,1-3H3,(H,19,24). The Labute approximate surface area is 153 Å². The van der Waals surface area contributed by atoms with E-state index in [0.717, 1.165) is 16.6 Å². The number of amides is 1. The molecular weight excluding hydrogens is 358 g/mol. The Morgan fingerprint density at radius 2 is 1.81 bits per heavy atom. The van der Waals surface area contributed by atoms with Crippen molar-refractivity contribution in [3.8, 4) is 0 Å². The zero-order valence-corrected chi connectivity index (χ0v) is 15.4. The van der Waals surface area contributed by atoms with Crippen LogP contribution in [-0.2, 0) is 31.9 Å². The molecule has 0 saturated carbocycles. The van der Waals surface area contributed by atoms with Crippen molar-refractivity contribution < 1.29 is 4.79 Å². The van der Waals surface area contributed by atoms with Gasteiger partial charge in [-0.2, -0.15) is 4.98 Å². The summed E-state index contributed by atoms with van der Waals surface area (Å²) in [5.74, 6) is -0.355. The van der Waals surface area contributed by atoms with E-state index in [9.17, 15) is 14.4 Å². The minimum absolute atomic E-state index is 0.0326. The van der Waals surface area contributed by atoms with Crippen LogP contribution < -0.4 is 16.6 Å². The number of rotatable bonds is 4. The summed E-state index contributed by atoms with van der Waals surface area (Å²) in [6, 6.07) is 7.49. The van der Waals surface area contributed by atoms with Gasteiger partial charge >= 0.3 is 5.69 Å². The summed E-state index contributed by atoms with van der Waals surface area (Å²) in [4.78, 5) is 40.9. The number of halogens is 1. The molecule has 0 aliphatic heterocycles. The van der Waals surface area contributed by atoms with Crippen LogP contribution in [0, 0.1) is 0 Å². The monoisotopic (exact) mass is 375 g/mol. The average Bonchev–Trinajstić information content (AvgIpc) is 2.95. The molecule has 136 valence electrons. The molecule has 1 amide bonds. The second-order valence-electron chi connectivity index (χ2n) is 5.94. The van der Waals surface area contributed by atoms with Gasteiger partial charge in [-0.25, -0.2) is 4.79 Å². The lowest BCUT2D eigenvalue weighted by molar-refractivity contribution is -0.116. The number of carbonyl (C=O) groups is 1. The Bertz CT molecular complexity index is 1110. The highest BCUT2D eigenvalue weighted by Crippen LogP contribution is 2.16. The number of fused-ring (bicyclic) bond motifs is 1. The first-order valence-corrected chi connectivity index (χ1v) is 8.41. The molecule has 0 atom stereocenters. The fraction of sp³-hybridized carbons (Fsp3) is 0.294. The molecular formula is C17H18ClN5O3. The predicted octanol–water partition coefficient (Wildman–Crippen LogP) is 1.29. The molecule has 3 aromatic rings. The van der Waals surface area contributed by atoms with Crippen LogP contribution in [0.2, 0.25) is 5.28 Å². The third-order valence-electron chi connectivity index (χ3n) is 4.25. The van der Waals surface area contributed by atoms with Crippen molar-refractivity contribution in [3.63, 3.8) is 0 Å². The number of carbonyl (C=O) groups excluding carboxylic acids is 1. The van der Waals surface area contributed by atoms with Gasteiger partial charge in [0.15, 0.2) is 11.2 Å². The first-order valence-electron chi connectivity index (χ1n) is 8.04. The molecule has 26 heavy (non-hydrogen) atoms. The van der Waals surface area contributed by atoms with Crippen LogP contribution >= 0.6 is 11.6 Å². The summed E-state index contributed by atoms with van der Waals surface area (Å²) in [5, 5.41) is 2.73. The Hall–Kier alpha value is -2.87. The maximum Gasteiger partial charge on any atom is 0.332 e. The normalized spacial score (nSPS) is 11.1. The van der Waals surface area contributed by atoms with E-state index in [-0.39, 0.29) is 28.9 Å². The van der Waals surface area contributed by atoms with Gasteiger partial charge in [0, 0.05) is 19.8 Å². The van der Waals surface area contributed by atoms with Crippen molar-refractivity contribution in [2.45, 2.75) is 19.9 Å². The summed E-state index contributed by atoms with van der Waals surface area (Å²) < 4.78 is 3.48. The van der Waals surface area contributed by atoms with Gasteiger partial charge in [0.25, 0.3) is 5.56 Å². The fourth-order valence-corrected chi connectivity index (χ4v) is 2.96. The minimum atomic E-state index is -0.553. The lowest BCUT2D eigenvalue weighted by Crippen LogP contribution is -2.37. The van der Waals surface area contributed by atoms with Gasteiger partial charge in [0.1, 0.15) is 6.54 Å². The molecule has 2 heterocycles. The minimum Gasteiger partial charge on any atom is -0.325 e. The number of nitrogens with one attached hydrogen (secondary N) is 1. The molecule has 0 saturated heterocycles. The van der Waals surface area contributed by atoms with E-state index in [1.165, 1.54) is 23.2 Å². The highest BCUT2D eigenvalue weighted by Gasteiger charge is 2.19. The number of anilines is 1. The number of hydrogen-bond acceptors (Lipinski definition) is 4. The van der Waals surface area contributed by atoms with Crippen LogP contribution in [0.15, 0.2) is 33.9 Å². The summed E-state index contributed by atoms with van der Waals surface area (Å²) in [5.41, 5.74) is 0.996. The van der Waals surface area contributed by atoms with Crippen molar-refractivity contribution in [2.75, 3.05) is 5.32 Å². The molecule has 0 unspecified atom stereocenters. The number of aromatic nitrogens is 4. The predicted molar refractivity (Wildman–Crippen MR) is 99.7 cm³/mol. The van der Waals surface area contributed by atoms with Crippen molar-refractivity contribution in [1.82, 2.24) is 18.7 Å². The molecule has 3 rings (SSSR count). The number of hydrogen-bond donors (Lipinski definition) is 1. The third-order valence-corrected chi connectivity index (χ3v) is 4.54. The Morgan fingerprint density at radius 1 is 1.15 bits per heavy atom. The maximum atomic E-state index is 12.4. The zero-order valence-electron chi connectivity index (χ0n) is 14.6. The lowest BCUT2D eigenvalue weighted by atomic mass is 10.1. The van der Waals surface area contributed by atoms with E-state index in [0.29, 0.717) is 5.69 Å². The van der Waals surface area contributed by atoms with Gasteiger partial charge in [0.2, 0.25) is 11.2 Å². The SMILES string of the molecule is CCc1ccc(NC(=O)Cn2c(Cl)nc3c2c(=O)n(C)c(=O)n3C)cc1. The summed E-state index contributed by atoms with van der Waals surface area (Å²) in [7, 11) is 2.86. The van der Waals surface area contributed by atoms with Crippen LogP contribution in [0.3, 0.4) is 0 Å². The van der Waals surface area contributed by atoms with Gasteiger partial charge in [0.05, 0.1) is 0 Å². The molecule has 0 fully saturated rings. The molecule has 0 aliphatic rings. The topological polar surface area (TPSA) is 90.9 Å². The first kappa shape index (κ1) is 17.9. The van der Waals surface area contributed by atoms with E-state index >= 15 is 0 Å². The number of benzene rings is 1. The van der Waals surface area contributed by atoms with E-state index in [1.54, 1.807) is 0 Å². The number of imidazole rings is 1. The first-order chi connectivity index (χ1) is 12.3. The summed E-state index contributed by atoms with van der Waals surface area (Å²) in [6.07, 6.45) is 0.910. The van der Waals surface area contributed by atoms with Gasteiger partial charge in [-0.1, -0.05) is 19.1 Å². The average molecular weight is 376 g/mol. The second kappa shape index (κ2) is 6.80. The maximum absolute atomic E-state index is 12.4. The Morgan fingerprint density at radius 3 is 2.42 bits per heavy atom. The van der Waals surface area contributed by atoms with Gasteiger partial charge in [-0.3, -0.25) is 23.3 Å². The van der Waals surface area contributed by atoms with Gasteiger partial charge in [-0.15, -0.1) is 0 Å². The largest absolute Gasteiger partial charge is 0.332 e. The van der Waals surface area contributed by atoms with Crippen LogP contribution in [0.5, 0.6) is 0 Å². The zero-order chi connectivity index (χ0) is 19.0. The van der Waals surface area contributed by atoms with Crippen LogP contribution in [-0.4, -0.2) is 24.6 Å². The van der Waals surface area contributed by atoms with E-state index in [4.69, 9.17) is 11.6 Å². The van der Waals surface area contributed by atoms with E-state index < -0.39 is 11.2 Å². The molecule has 0 radical (unpaired) electrons. The van der Waals surface area contributed by atoms with E-state index in [2.05, 4.69) is 10.3 Å². The van der Waals surface area contributed by atoms with Crippen molar-refractivity contribution >= 4 is 34.4 Å². The van der Waals surface area contributed by atoms with Gasteiger partial charge < -0.3 is 5.32 Å². The van der Waals surface area contributed by atoms with E-state index in [1.807, 2.05) is 31.2 Å². The van der Waals surface area contributed by atoms with Crippen LogP contribution in [0.4, 0.5) is 5.69 Å². The van der Waals surface area contributed by atoms with Crippen LogP contribution in [0.25, 0.3) is 11.2 Å². The number of nitrogens with zero attached hydrogens (tertiary/aromatic N) is 4. The summed E-state index contributed by atoms with van der Waals surface area (Å²) in [6.45, 7) is 1.85. The smallest absolute Gasteiger partial charge is 0.325 e. The molecule has 1 N–H and O–H groups in total. The highest BCUT2D eigenvalue weighted by atomic mass is 35.5. The van der Waals surface area contributed by atoms with Crippen molar-refractivity contribution in [2.24, 2.45) is 14.1 Å². The highest BCUT2D eigenvalue weighted by molar-refractivity contribution is 6.29.